The zero-order chi connectivity index (χ0) is 30.1. The van der Waals surface area contributed by atoms with E-state index in [0.717, 1.165) is 17.2 Å². The number of amides is 3. The summed E-state index contributed by atoms with van der Waals surface area (Å²) in [5, 5.41) is 13.4. The molecule has 1 atom stereocenters. The number of likely N-dealkylation sites (N-methyl/N-ethyl adjacent to an activating group) is 1. The third kappa shape index (κ3) is 7.27. The minimum absolute atomic E-state index is 0.0567. The molecule has 216 valence electrons. The Kier molecular flexibility index (Phi) is 11.9. The summed E-state index contributed by atoms with van der Waals surface area (Å²) in [4.78, 5) is 38.4. The van der Waals surface area contributed by atoms with E-state index < -0.39 is 41.3 Å². The van der Waals surface area contributed by atoms with Gasteiger partial charge >= 0.3 is 6.03 Å². The van der Waals surface area contributed by atoms with Gasteiger partial charge in [0.25, 0.3) is 11.6 Å². The Morgan fingerprint density at radius 1 is 1.25 bits per heavy atom. The number of urea groups is 1. The number of rotatable bonds is 12. The molecule has 3 amide bonds. The van der Waals surface area contributed by atoms with Crippen molar-refractivity contribution in [3.63, 3.8) is 0 Å². The molecule has 1 aromatic carbocycles. The highest BCUT2D eigenvalue weighted by atomic mass is 79.9. The van der Waals surface area contributed by atoms with Crippen LogP contribution < -0.4 is 0 Å². The van der Waals surface area contributed by atoms with Gasteiger partial charge in [0.15, 0.2) is 0 Å². The van der Waals surface area contributed by atoms with Gasteiger partial charge in [0.1, 0.15) is 30.1 Å². The second kappa shape index (κ2) is 14.6. The van der Waals surface area contributed by atoms with Crippen molar-refractivity contribution in [2.24, 2.45) is 0 Å². The van der Waals surface area contributed by atoms with E-state index in [1.807, 2.05) is 0 Å². The van der Waals surface area contributed by atoms with Crippen molar-refractivity contribution < 1.29 is 32.4 Å². The van der Waals surface area contributed by atoms with Crippen molar-refractivity contribution in [1.29, 1.82) is 0 Å². The van der Waals surface area contributed by atoms with Crippen LogP contribution in [0.2, 0.25) is 0 Å². The lowest BCUT2D eigenvalue weighted by Gasteiger charge is -2.44. The normalized spacial score (nSPS) is 17.4. The summed E-state index contributed by atoms with van der Waals surface area (Å²) in [5.74, 6) is -2.37. The lowest BCUT2D eigenvalue weighted by Crippen LogP contribution is -2.60. The molecule has 1 saturated heterocycles. The Morgan fingerprint density at radius 3 is 2.40 bits per heavy atom. The third-order valence-electron chi connectivity index (χ3n) is 6.17. The second-order valence-electron chi connectivity index (χ2n) is 8.57. The van der Waals surface area contributed by atoms with E-state index in [1.165, 1.54) is 63.4 Å². The van der Waals surface area contributed by atoms with Crippen LogP contribution in [0.5, 0.6) is 0 Å². The maximum atomic E-state index is 15.1. The number of halogens is 4. The molecule has 1 fully saturated rings. The van der Waals surface area contributed by atoms with Crippen LogP contribution in [0.15, 0.2) is 77.7 Å². The molecule has 1 aliphatic rings. The molecule has 2 rings (SSSR count). The summed E-state index contributed by atoms with van der Waals surface area (Å²) >= 11 is 3.35. The minimum Gasteiger partial charge on any atom is -0.375 e. The first-order valence-corrected chi connectivity index (χ1v) is 13.1. The number of hydrazine groups is 1. The fourth-order valence-electron chi connectivity index (χ4n) is 3.83. The Morgan fingerprint density at radius 2 is 1.88 bits per heavy atom. The Labute approximate surface area is 238 Å². The Hall–Kier alpha value is -3.71. The number of ether oxygens (including phenoxy) is 1. The van der Waals surface area contributed by atoms with E-state index in [4.69, 9.17) is 4.74 Å². The summed E-state index contributed by atoms with van der Waals surface area (Å²) in [6.07, 6.45) is 2.02. The molecule has 1 aliphatic heterocycles. The zero-order valence-electron chi connectivity index (χ0n) is 22.5. The molecule has 0 saturated carbocycles. The van der Waals surface area contributed by atoms with E-state index in [0.29, 0.717) is 21.6 Å². The van der Waals surface area contributed by atoms with Gasteiger partial charge in [-0.15, -0.1) is 0 Å². The van der Waals surface area contributed by atoms with Crippen molar-refractivity contribution in [2.75, 3.05) is 32.7 Å². The number of hydrogen-bond acceptors (Lipinski definition) is 6. The first-order chi connectivity index (χ1) is 18.9. The van der Waals surface area contributed by atoms with Crippen molar-refractivity contribution in [2.45, 2.75) is 26.4 Å². The number of allylic oxidation sites excluding steroid dienone is 6. The SMILES string of the molecule is C=C(/C(CBr)=C1/C(=O)N(/C(C)=C(\F)C(C)OC)C(=O)N(CC/C(F)=C\C=C/CF)N1C)c1ccc([N+](=O)[O-])cc1. The largest absolute Gasteiger partial charge is 0.375 e. The molecule has 0 N–H and O–H groups in total. The number of nitrogens with zero attached hydrogens (tertiary/aromatic N) is 4. The van der Waals surface area contributed by atoms with Crippen LogP contribution in [0.3, 0.4) is 0 Å². The molecule has 13 heteroatoms. The van der Waals surface area contributed by atoms with Crippen molar-refractivity contribution in [3.8, 4) is 0 Å². The molecule has 0 spiro atoms. The third-order valence-corrected chi connectivity index (χ3v) is 6.73. The van der Waals surface area contributed by atoms with Gasteiger partial charge in [-0.2, -0.15) is 0 Å². The number of carbonyl (C=O) groups excluding carboxylic acids is 2. The number of methoxy groups -OCH3 is 1. The lowest BCUT2D eigenvalue weighted by atomic mass is 9.97. The predicted octanol–water partition coefficient (Wildman–Crippen LogP) is 6.37. The first-order valence-electron chi connectivity index (χ1n) is 12.0. The lowest BCUT2D eigenvalue weighted by molar-refractivity contribution is -0.384. The Bertz CT molecular complexity index is 1280. The molecule has 0 radical (unpaired) electrons. The first kappa shape index (κ1) is 32.5. The summed E-state index contributed by atoms with van der Waals surface area (Å²) < 4.78 is 46.8. The minimum atomic E-state index is -1.06. The van der Waals surface area contributed by atoms with Crippen LogP contribution in [0, 0.1) is 10.1 Å². The van der Waals surface area contributed by atoms with Gasteiger partial charge in [0, 0.05) is 43.6 Å². The number of alkyl halides is 2. The smallest absolute Gasteiger partial charge is 0.350 e. The fourth-order valence-corrected chi connectivity index (χ4v) is 4.44. The van der Waals surface area contributed by atoms with E-state index in [1.54, 1.807) is 0 Å². The molecular weight excluding hydrogens is 597 g/mol. The Balaban J connectivity index is 2.66. The number of nitro groups is 1. The van der Waals surface area contributed by atoms with Crippen molar-refractivity contribution in [1.82, 2.24) is 14.9 Å². The quantitative estimate of drug-likeness (QED) is 0.0879. The van der Waals surface area contributed by atoms with Crippen molar-refractivity contribution in [3.05, 3.63) is 93.4 Å². The highest BCUT2D eigenvalue weighted by molar-refractivity contribution is 9.09. The molecule has 0 bridgehead atoms. The second-order valence-corrected chi connectivity index (χ2v) is 9.13. The van der Waals surface area contributed by atoms with Gasteiger partial charge in [-0.05, 0) is 43.2 Å². The molecule has 0 aliphatic carbocycles. The van der Waals surface area contributed by atoms with Gasteiger partial charge in [-0.1, -0.05) is 34.7 Å². The van der Waals surface area contributed by atoms with Gasteiger partial charge in [0.05, 0.1) is 17.2 Å². The maximum absolute atomic E-state index is 15.1. The van der Waals surface area contributed by atoms with Crippen LogP contribution in [-0.2, 0) is 9.53 Å². The molecule has 40 heavy (non-hydrogen) atoms. The van der Waals surface area contributed by atoms with E-state index in [9.17, 15) is 28.5 Å². The standard InChI is InChI=1S/C27H30BrF3N4O5/c1-17(20-9-11-22(12-10-20)35(38)39)23(16-28)25-26(36)34(18(2)24(31)19(3)40-5)27(37)33(32(25)4)15-13-21(30)8-6-7-14-29/h6-12,19H,1,13-16H2,2-5H3/b7-6-,21-8+,24-18-,25-23-. The van der Waals surface area contributed by atoms with Crippen LogP contribution in [0.4, 0.5) is 23.7 Å². The van der Waals surface area contributed by atoms with E-state index >= 15 is 4.39 Å². The van der Waals surface area contributed by atoms with Gasteiger partial charge < -0.3 is 4.74 Å². The molecule has 1 heterocycles. The summed E-state index contributed by atoms with van der Waals surface area (Å²) in [5.41, 5.74) is 0.572. The van der Waals surface area contributed by atoms with Crippen LogP contribution in [-0.4, -0.2) is 70.6 Å². The van der Waals surface area contributed by atoms with Gasteiger partial charge in [-0.25, -0.2) is 27.9 Å². The van der Waals surface area contributed by atoms with Crippen LogP contribution in [0.25, 0.3) is 5.57 Å². The maximum Gasteiger partial charge on any atom is 0.350 e. The number of nitro benzene ring substituents is 1. The molecule has 1 aromatic rings. The number of hydrogen-bond donors (Lipinski definition) is 0. The zero-order valence-corrected chi connectivity index (χ0v) is 24.1. The summed E-state index contributed by atoms with van der Waals surface area (Å²) in [6, 6.07) is 4.58. The fraction of sp³-hybridized carbons (Fsp3) is 0.333. The van der Waals surface area contributed by atoms with Gasteiger partial charge in [0.2, 0.25) is 0 Å². The van der Waals surface area contributed by atoms with E-state index in [-0.39, 0.29) is 35.4 Å². The molecule has 1 unspecified atom stereocenters. The monoisotopic (exact) mass is 626 g/mol. The summed E-state index contributed by atoms with van der Waals surface area (Å²) in [6.45, 7) is 5.69. The summed E-state index contributed by atoms with van der Waals surface area (Å²) in [7, 11) is 2.69. The number of non-ortho nitro benzene ring substituents is 1. The van der Waals surface area contributed by atoms with Crippen LogP contribution in [0.1, 0.15) is 25.8 Å². The molecule has 0 aromatic heterocycles. The van der Waals surface area contributed by atoms with Gasteiger partial charge in [-0.3, -0.25) is 19.9 Å². The molecular formula is C27H30BrF3N4O5. The average Bonchev–Trinajstić information content (AvgIpc) is 2.94. The number of benzene rings is 1. The van der Waals surface area contributed by atoms with Crippen LogP contribution >= 0.6 is 15.9 Å². The number of imide groups is 1. The van der Waals surface area contributed by atoms with Crippen molar-refractivity contribution >= 4 is 39.1 Å². The average molecular weight is 627 g/mol. The predicted molar refractivity (Wildman–Crippen MR) is 149 cm³/mol. The number of carbonyl (C=O) groups is 2. The molecule has 9 nitrogen and oxygen atoms in total. The highest BCUT2D eigenvalue weighted by Crippen LogP contribution is 2.34. The highest BCUT2D eigenvalue weighted by Gasteiger charge is 2.43. The topological polar surface area (TPSA) is 96.2 Å². The van der Waals surface area contributed by atoms with E-state index in [2.05, 4.69) is 22.5 Å².